The van der Waals surface area contributed by atoms with Gasteiger partial charge in [0.2, 0.25) is 0 Å². The van der Waals surface area contributed by atoms with Gasteiger partial charge in [-0.05, 0) is 28.1 Å². The number of fused-ring (bicyclic) bond motifs is 1. The van der Waals surface area contributed by atoms with Crippen LogP contribution in [0.25, 0.3) is 10.9 Å². The Balaban J connectivity index is 2.79. The molecule has 1 aromatic carbocycles. The Morgan fingerprint density at radius 3 is 2.88 bits per heavy atom. The molecule has 0 saturated heterocycles. The van der Waals surface area contributed by atoms with Crippen molar-refractivity contribution in [3.05, 3.63) is 28.0 Å². The van der Waals surface area contributed by atoms with Gasteiger partial charge in [0.05, 0.1) is 17.1 Å². The molecule has 2 rings (SSSR count). The second-order valence-electron chi connectivity index (χ2n) is 3.22. The maximum absolute atomic E-state index is 13.2. The normalized spacial score (nSPS) is 10.7. The molecule has 0 saturated carbocycles. The number of nitrogens with one attached hydrogen (secondary N) is 1. The Morgan fingerprint density at radius 2 is 2.25 bits per heavy atom. The van der Waals surface area contributed by atoms with E-state index in [0.29, 0.717) is 10.9 Å². The second kappa shape index (κ2) is 3.79. The molecule has 0 bridgehead atoms. The summed E-state index contributed by atoms with van der Waals surface area (Å²) in [5, 5.41) is 0.526. The molecule has 0 unspecified atom stereocenters. The summed E-state index contributed by atoms with van der Waals surface area (Å²) >= 11 is 3.05. The van der Waals surface area contributed by atoms with Crippen molar-refractivity contribution in [2.75, 3.05) is 12.8 Å². The quantitative estimate of drug-likeness (QED) is 0.791. The highest BCUT2D eigenvalue weighted by atomic mass is 79.9. The van der Waals surface area contributed by atoms with Crippen LogP contribution in [0.3, 0.4) is 0 Å². The molecule has 1 aromatic heterocycles. The lowest BCUT2D eigenvalue weighted by Gasteiger charge is -1.99. The van der Waals surface area contributed by atoms with Gasteiger partial charge in [0.1, 0.15) is 17.2 Å². The van der Waals surface area contributed by atoms with Crippen LogP contribution in [-0.2, 0) is 4.74 Å². The van der Waals surface area contributed by atoms with Crippen LogP contribution in [-0.4, -0.2) is 18.1 Å². The molecule has 0 atom stereocenters. The Kier molecular flexibility index (Phi) is 2.59. The van der Waals surface area contributed by atoms with E-state index in [9.17, 15) is 9.18 Å². The predicted octanol–water partition coefficient (Wildman–Crippen LogP) is 2.44. The third kappa shape index (κ3) is 1.55. The zero-order chi connectivity index (χ0) is 11.9. The molecular formula is C10H8BrFN2O2. The molecule has 16 heavy (non-hydrogen) atoms. The minimum Gasteiger partial charge on any atom is -0.465 e. The zero-order valence-electron chi connectivity index (χ0n) is 8.30. The van der Waals surface area contributed by atoms with Crippen molar-refractivity contribution < 1.29 is 13.9 Å². The summed E-state index contributed by atoms with van der Waals surface area (Å²) in [6.07, 6.45) is 0. The Morgan fingerprint density at radius 1 is 1.56 bits per heavy atom. The topological polar surface area (TPSA) is 68.1 Å². The van der Waals surface area contributed by atoms with Gasteiger partial charge in [-0.15, -0.1) is 0 Å². The van der Waals surface area contributed by atoms with E-state index in [-0.39, 0.29) is 15.9 Å². The lowest BCUT2D eigenvalue weighted by molar-refractivity contribution is 0.0604. The van der Waals surface area contributed by atoms with Crippen molar-refractivity contribution in [2.45, 2.75) is 0 Å². The smallest absolute Gasteiger partial charge is 0.342 e. The molecule has 3 N–H and O–H groups in total. The van der Waals surface area contributed by atoms with Crippen LogP contribution in [0, 0.1) is 5.82 Å². The van der Waals surface area contributed by atoms with Crippen LogP contribution in [0.4, 0.5) is 10.2 Å². The lowest BCUT2D eigenvalue weighted by atomic mass is 10.1. The highest BCUT2D eigenvalue weighted by molar-refractivity contribution is 9.10. The van der Waals surface area contributed by atoms with Crippen LogP contribution >= 0.6 is 15.9 Å². The Hall–Kier alpha value is -1.56. The van der Waals surface area contributed by atoms with E-state index in [4.69, 9.17) is 5.73 Å². The molecule has 2 aromatic rings. The second-order valence-corrected chi connectivity index (χ2v) is 4.07. The third-order valence-corrected chi connectivity index (χ3v) is 2.87. The zero-order valence-corrected chi connectivity index (χ0v) is 9.89. The van der Waals surface area contributed by atoms with Crippen molar-refractivity contribution in [2.24, 2.45) is 0 Å². The van der Waals surface area contributed by atoms with E-state index < -0.39 is 11.8 Å². The molecule has 0 spiro atoms. The van der Waals surface area contributed by atoms with Gasteiger partial charge in [-0.1, -0.05) is 0 Å². The first-order chi connectivity index (χ1) is 7.54. The van der Waals surface area contributed by atoms with E-state index in [2.05, 4.69) is 25.7 Å². The highest BCUT2D eigenvalue weighted by Gasteiger charge is 2.18. The molecule has 0 aliphatic carbocycles. The fourth-order valence-electron chi connectivity index (χ4n) is 1.53. The number of H-pyrrole nitrogens is 1. The molecule has 0 radical (unpaired) electrons. The van der Waals surface area contributed by atoms with Gasteiger partial charge in [0.25, 0.3) is 0 Å². The summed E-state index contributed by atoms with van der Waals surface area (Å²) in [5.74, 6) is -0.813. The number of esters is 1. The van der Waals surface area contributed by atoms with Crippen LogP contribution < -0.4 is 5.73 Å². The third-order valence-electron chi connectivity index (χ3n) is 2.26. The van der Waals surface area contributed by atoms with Crippen molar-refractivity contribution >= 4 is 38.6 Å². The van der Waals surface area contributed by atoms with E-state index in [1.807, 2.05) is 0 Å². The van der Waals surface area contributed by atoms with Gasteiger partial charge in [-0.2, -0.15) is 0 Å². The number of carbonyl (C=O) groups excluding carboxylic acids is 1. The average molecular weight is 287 g/mol. The number of aromatic amines is 1. The van der Waals surface area contributed by atoms with Crippen molar-refractivity contribution in [3.8, 4) is 0 Å². The molecule has 0 fully saturated rings. The summed E-state index contributed by atoms with van der Waals surface area (Å²) < 4.78 is 18.1. The minimum atomic E-state index is -0.553. The number of aromatic nitrogens is 1. The first kappa shape index (κ1) is 10.9. The van der Waals surface area contributed by atoms with Crippen molar-refractivity contribution in [1.29, 1.82) is 0 Å². The first-order valence-corrected chi connectivity index (χ1v) is 5.18. The van der Waals surface area contributed by atoms with Crippen LogP contribution in [0.2, 0.25) is 0 Å². The van der Waals surface area contributed by atoms with Crippen LogP contribution in [0.15, 0.2) is 16.6 Å². The van der Waals surface area contributed by atoms with E-state index in [1.54, 1.807) is 0 Å². The lowest BCUT2D eigenvalue weighted by Crippen LogP contribution is -2.03. The highest BCUT2D eigenvalue weighted by Crippen LogP contribution is 2.29. The van der Waals surface area contributed by atoms with E-state index in [1.165, 1.54) is 19.2 Å². The monoisotopic (exact) mass is 286 g/mol. The molecule has 84 valence electrons. The van der Waals surface area contributed by atoms with Gasteiger partial charge in [-0.25, -0.2) is 9.18 Å². The maximum Gasteiger partial charge on any atom is 0.342 e. The van der Waals surface area contributed by atoms with E-state index >= 15 is 0 Å². The van der Waals surface area contributed by atoms with Gasteiger partial charge in [-0.3, -0.25) is 0 Å². The first-order valence-electron chi connectivity index (χ1n) is 4.39. The Bertz CT molecular complexity index is 580. The number of nitrogens with two attached hydrogens (primary N) is 1. The summed E-state index contributed by atoms with van der Waals surface area (Å²) in [7, 11) is 1.26. The molecule has 4 nitrogen and oxygen atoms in total. The van der Waals surface area contributed by atoms with Gasteiger partial charge in [0, 0.05) is 5.39 Å². The number of carbonyl (C=O) groups is 1. The van der Waals surface area contributed by atoms with Crippen LogP contribution in [0.5, 0.6) is 0 Å². The number of halogens is 2. The number of anilines is 1. The molecule has 0 amide bonds. The van der Waals surface area contributed by atoms with Crippen LogP contribution in [0.1, 0.15) is 10.4 Å². The van der Waals surface area contributed by atoms with Crippen molar-refractivity contribution in [1.82, 2.24) is 4.98 Å². The fourth-order valence-corrected chi connectivity index (χ4v) is 1.88. The number of ether oxygens (including phenoxy) is 1. The number of nitrogen functional groups attached to an aromatic ring is 1. The maximum atomic E-state index is 13.2. The Labute approximate surface area is 98.7 Å². The standard InChI is InChI=1S/C10H8BrFN2O2/c1-16-10(15)8-4-2-5(11)6(12)3-7(4)14-9(8)13/h2-3,14H,13H2,1H3. The van der Waals surface area contributed by atoms with E-state index in [0.717, 1.165) is 0 Å². The van der Waals surface area contributed by atoms with Gasteiger partial charge in [0.15, 0.2) is 0 Å². The predicted molar refractivity (Wildman–Crippen MR) is 61.7 cm³/mol. The SMILES string of the molecule is COC(=O)c1c(N)[nH]c2cc(F)c(Br)cc12. The molecule has 0 aliphatic heterocycles. The number of hydrogen-bond acceptors (Lipinski definition) is 3. The summed E-state index contributed by atoms with van der Waals surface area (Å²) in [6, 6.07) is 2.76. The van der Waals surface area contributed by atoms with Gasteiger partial charge >= 0.3 is 5.97 Å². The largest absolute Gasteiger partial charge is 0.465 e. The number of methoxy groups -OCH3 is 1. The number of rotatable bonds is 1. The molecular weight excluding hydrogens is 279 g/mol. The summed E-state index contributed by atoms with van der Waals surface area (Å²) in [4.78, 5) is 14.2. The van der Waals surface area contributed by atoms with Gasteiger partial charge < -0.3 is 15.5 Å². The summed E-state index contributed by atoms with van der Waals surface area (Å²) in [6.45, 7) is 0. The molecule has 0 aliphatic rings. The average Bonchev–Trinajstić information content (AvgIpc) is 2.54. The number of hydrogen-bond donors (Lipinski definition) is 2. The van der Waals surface area contributed by atoms with Crippen molar-refractivity contribution in [3.63, 3.8) is 0 Å². The number of benzene rings is 1. The minimum absolute atomic E-state index is 0.166. The summed E-state index contributed by atoms with van der Waals surface area (Å²) in [5.41, 5.74) is 6.31. The fraction of sp³-hybridized carbons (Fsp3) is 0.100. The molecule has 6 heteroatoms. The molecule has 1 heterocycles.